The summed E-state index contributed by atoms with van der Waals surface area (Å²) in [5.74, 6) is 0.754. The highest BCUT2D eigenvalue weighted by Crippen LogP contribution is 2.33. The molecular formula is C16H22Cl2N2O. The number of rotatable bonds is 2. The average Bonchev–Trinajstić information content (AvgIpc) is 2.87. The predicted octanol–water partition coefficient (Wildman–Crippen LogP) is 3.93. The van der Waals surface area contributed by atoms with E-state index in [1.165, 1.54) is 25.7 Å². The van der Waals surface area contributed by atoms with Gasteiger partial charge in [0.05, 0.1) is 6.04 Å². The van der Waals surface area contributed by atoms with E-state index in [9.17, 15) is 4.79 Å². The maximum Gasteiger partial charge on any atom is 0.241 e. The first kappa shape index (κ1) is 16.6. The van der Waals surface area contributed by atoms with Gasteiger partial charge in [-0.05, 0) is 49.8 Å². The second kappa shape index (κ2) is 6.99. The van der Waals surface area contributed by atoms with E-state index in [4.69, 9.17) is 11.6 Å². The summed E-state index contributed by atoms with van der Waals surface area (Å²) in [6.07, 6.45) is 6.04. The third-order valence-corrected chi connectivity index (χ3v) is 4.87. The lowest BCUT2D eigenvalue weighted by atomic mass is 9.85. The van der Waals surface area contributed by atoms with Gasteiger partial charge < -0.3 is 10.6 Å². The van der Waals surface area contributed by atoms with Gasteiger partial charge in [0, 0.05) is 16.8 Å². The van der Waals surface area contributed by atoms with Crippen molar-refractivity contribution in [2.24, 2.45) is 5.92 Å². The topological polar surface area (TPSA) is 41.1 Å². The maximum absolute atomic E-state index is 12.4. The molecule has 1 saturated heterocycles. The molecule has 1 aliphatic heterocycles. The van der Waals surface area contributed by atoms with E-state index < -0.39 is 0 Å². The number of hydrogen-bond donors (Lipinski definition) is 2. The van der Waals surface area contributed by atoms with Gasteiger partial charge in [-0.2, -0.15) is 0 Å². The normalized spacial score (nSPS) is 27.6. The molecule has 116 valence electrons. The van der Waals surface area contributed by atoms with Crippen LogP contribution in [0.5, 0.6) is 0 Å². The fraction of sp³-hybridized carbons (Fsp3) is 0.562. The Morgan fingerprint density at radius 1 is 1.33 bits per heavy atom. The molecule has 0 radical (unpaired) electrons. The van der Waals surface area contributed by atoms with Crippen molar-refractivity contribution in [3.8, 4) is 0 Å². The molecule has 1 aromatic carbocycles. The first-order valence-electron chi connectivity index (χ1n) is 7.46. The summed E-state index contributed by atoms with van der Waals surface area (Å²) in [6.45, 7) is 1.98. The van der Waals surface area contributed by atoms with E-state index in [1.54, 1.807) is 0 Å². The van der Waals surface area contributed by atoms with Crippen molar-refractivity contribution in [3.63, 3.8) is 0 Å². The van der Waals surface area contributed by atoms with E-state index >= 15 is 0 Å². The number of carbonyl (C=O) groups is 1. The van der Waals surface area contributed by atoms with Gasteiger partial charge in [-0.3, -0.25) is 4.79 Å². The molecule has 1 saturated carbocycles. The highest BCUT2D eigenvalue weighted by molar-refractivity contribution is 6.31. The fourth-order valence-electron chi connectivity index (χ4n) is 3.47. The molecule has 3 rings (SSSR count). The molecule has 3 nitrogen and oxygen atoms in total. The first-order chi connectivity index (χ1) is 9.63. The molecule has 21 heavy (non-hydrogen) atoms. The Labute approximate surface area is 137 Å². The average molecular weight is 329 g/mol. The zero-order valence-corrected chi connectivity index (χ0v) is 13.8. The minimum absolute atomic E-state index is 0. The summed E-state index contributed by atoms with van der Waals surface area (Å²) in [5, 5.41) is 7.17. The van der Waals surface area contributed by atoms with Crippen LogP contribution in [0.15, 0.2) is 18.2 Å². The van der Waals surface area contributed by atoms with Crippen molar-refractivity contribution >= 4 is 35.6 Å². The zero-order chi connectivity index (χ0) is 14.1. The Hall–Kier alpha value is -0.770. The van der Waals surface area contributed by atoms with Gasteiger partial charge in [0.2, 0.25) is 5.91 Å². The molecular weight excluding hydrogens is 307 g/mol. The van der Waals surface area contributed by atoms with Gasteiger partial charge in [0.25, 0.3) is 0 Å². The number of nitrogens with one attached hydrogen (secondary N) is 2. The summed E-state index contributed by atoms with van der Waals surface area (Å²) in [7, 11) is 0. The van der Waals surface area contributed by atoms with Crippen LogP contribution in [0.25, 0.3) is 0 Å². The van der Waals surface area contributed by atoms with E-state index in [0.29, 0.717) is 17.0 Å². The number of carbonyl (C=O) groups excluding carboxylic acids is 1. The molecule has 3 unspecified atom stereocenters. The number of benzene rings is 1. The molecule has 1 aliphatic carbocycles. The van der Waals surface area contributed by atoms with Crippen molar-refractivity contribution in [1.82, 2.24) is 5.32 Å². The Kier molecular flexibility index (Phi) is 5.53. The highest BCUT2D eigenvalue weighted by atomic mass is 35.5. The molecule has 0 spiro atoms. The fourth-order valence-corrected chi connectivity index (χ4v) is 3.64. The Morgan fingerprint density at radius 2 is 2.10 bits per heavy atom. The molecule has 0 aromatic heterocycles. The minimum Gasteiger partial charge on any atom is -0.324 e. The van der Waals surface area contributed by atoms with Gasteiger partial charge in [-0.25, -0.2) is 0 Å². The van der Waals surface area contributed by atoms with Crippen molar-refractivity contribution in [3.05, 3.63) is 28.8 Å². The maximum atomic E-state index is 12.4. The van der Waals surface area contributed by atoms with E-state index in [0.717, 1.165) is 17.7 Å². The van der Waals surface area contributed by atoms with E-state index in [2.05, 4.69) is 10.6 Å². The van der Waals surface area contributed by atoms with Gasteiger partial charge in [-0.1, -0.05) is 30.5 Å². The van der Waals surface area contributed by atoms with Crippen LogP contribution in [0.4, 0.5) is 5.69 Å². The lowest BCUT2D eigenvalue weighted by Gasteiger charge is -2.24. The molecule has 0 bridgehead atoms. The van der Waals surface area contributed by atoms with Crippen LogP contribution in [0.3, 0.4) is 0 Å². The lowest BCUT2D eigenvalue weighted by molar-refractivity contribution is -0.117. The number of hydrogen-bond acceptors (Lipinski definition) is 2. The molecule has 1 heterocycles. The van der Waals surface area contributed by atoms with Crippen LogP contribution in [0, 0.1) is 12.8 Å². The van der Waals surface area contributed by atoms with Crippen LogP contribution in [-0.2, 0) is 4.79 Å². The Morgan fingerprint density at radius 3 is 2.86 bits per heavy atom. The van der Waals surface area contributed by atoms with Gasteiger partial charge in [0.1, 0.15) is 0 Å². The van der Waals surface area contributed by atoms with Gasteiger partial charge in [-0.15, -0.1) is 12.4 Å². The molecule has 2 aliphatic rings. The first-order valence-corrected chi connectivity index (χ1v) is 7.84. The molecule has 2 N–H and O–H groups in total. The molecule has 1 amide bonds. The van der Waals surface area contributed by atoms with Crippen molar-refractivity contribution in [2.75, 3.05) is 5.32 Å². The predicted molar refractivity (Wildman–Crippen MR) is 89.4 cm³/mol. The summed E-state index contributed by atoms with van der Waals surface area (Å²) < 4.78 is 0. The van der Waals surface area contributed by atoms with Crippen LogP contribution in [-0.4, -0.2) is 18.0 Å². The second-order valence-corrected chi connectivity index (χ2v) is 6.49. The molecule has 3 atom stereocenters. The number of aryl methyl sites for hydroxylation is 1. The van der Waals surface area contributed by atoms with Gasteiger partial charge >= 0.3 is 0 Å². The Bertz CT molecular complexity index is 507. The Balaban J connectivity index is 0.00000161. The lowest BCUT2D eigenvalue weighted by Crippen LogP contribution is -2.40. The van der Waals surface area contributed by atoms with E-state index in [1.807, 2.05) is 25.1 Å². The monoisotopic (exact) mass is 328 g/mol. The van der Waals surface area contributed by atoms with Gasteiger partial charge in [0.15, 0.2) is 0 Å². The van der Waals surface area contributed by atoms with E-state index in [-0.39, 0.29) is 24.4 Å². The summed E-state index contributed by atoms with van der Waals surface area (Å²) in [5.41, 5.74) is 1.86. The van der Waals surface area contributed by atoms with Crippen LogP contribution >= 0.6 is 24.0 Å². The summed E-state index contributed by atoms with van der Waals surface area (Å²) >= 11 is 5.99. The molecule has 5 heteroatoms. The standard InChI is InChI=1S/C16H21ClN2O.ClH/c1-10-6-7-12(17)9-14(10)19-16(20)15-8-11-4-2-3-5-13(11)18-15;/h6-7,9,11,13,15,18H,2-5,8H2,1H3,(H,19,20);1H. The third-order valence-electron chi connectivity index (χ3n) is 4.64. The number of anilines is 1. The number of halogens is 2. The molecule has 2 fully saturated rings. The molecule has 1 aromatic rings. The number of fused-ring (bicyclic) bond motifs is 1. The highest BCUT2D eigenvalue weighted by Gasteiger charge is 2.38. The van der Waals surface area contributed by atoms with Crippen molar-refractivity contribution < 1.29 is 4.79 Å². The third kappa shape index (κ3) is 3.71. The van der Waals surface area contributed by atoms with Crippen molar-refractivity contribution in [2.45, 2.75) is 51.1 Å². The minimum atomic E-state index is -0.0542. The summed E-state index contributed by atoms with van der Waals surface area (Å²) in [4.78, 5) is 12.4. The van der Waals surface area contributed by atoms with Crippen LogP contribution < -0.4 is 10.6 Å². The largest absolute Gasteiger partial charge is 0.324 e. The summed E-state index contributed by atoms with van der Waals surface area (Å²) in [6, 6.07) is 6.08. The number of amides is 1. The smallest absolute Gasteiger partial charge is 0.241 e. The van der Waals surface area contributed by atoms with Crippen LogP contribution in [0.2, 0.25) is 5.02 Å². The quantitative estimate of drug-likeness (QED) is 0.863. The van der Waals surface area contributed by atoms with Crippen molar-refractivity contribution in [1.29, 1.82) is 0 Å². The zero-order valence-electron chi connectivity index (χ0n) is 12.2. The SMILES string of the molecule is Cc1ccc(Cl)cc1NC(=O)C1CC2CCCCC2N1.Cl. The second-order valence-electron chi connectivity index (χ2n) is 6.05. The van der Waals surface area contributed by atoms with Crippen LogP contribution in [0.1, 0.15) is 37.7 Å².